The molecule has 0 fully saturated rings. The Bertz CT molecular complexity index is 3100. The number of fused-ring (bicyclic) bond motifs is 9. The molecule has 3 heterocycles. The lowest BCUT2D eigenvalue weighted by molar-refractivity contribution is 0.627. The molecule has 4 heteroatoms. The molecular weight excluding hydrogens is 638 g/mol. The molecule has 0 aliphatic rings. The second-order valence-corrected chi connectivity index (χ2v) is 13.5. The SMILES string of the molecule is Fc1cc(-c2ccc3c(c2)c2ccccc2n3-c2cccc(-n3c4ccccc4c4ccccc43)c2)cc(-n2c3ccccc3c3ccccc32)c1. The number of halogens is 1. The fraction of sp³-hybridized carbons (Fsp3) is 0. The molecule has 0 N–H and O–H groups in total. The fourth-order valence-corrected chi connectivity index (χ4v) is 8.47. The molecule has 0 spiro atoms. The lowest BCUT2D eigenvalue weighted by Gasteiger charge is -2.13. The van der Waals surface area contributed by atoms with E-state index < -0.39 is 0 Å². The van der Waals surface area contributed by atoms with Gasteiger partial charge in [-0.3, -0.25) is 0 Å². The first kappa shape index (κ1) is 28.9. The molecule has 0 amide bonds. The highest BCUT2D eigenvalue weighted by Crippen LogP contribution is 2.38. The van der Waals surface area contributed by atoms with E-state index in [-0.39, 0.29) is 5.82 Å². The van der Waals surface area contributed by atoms with Crippen LogP contribution >= 0.6 is 0 Å². The number of nitrogens with zero attached hydrogens (tertiary/aromatic N) is 3. The number of benzene rings is 8. The van der Waals surface area contributed by atoms with Gasteiger partial charge in [0.15, 0.2) is 0 Å². The van der Waals surface area contributed by atoms with Crippen molar-refractivity contribution in [3.05, 3.63) is 188 Å². The first-order valence-electron chi connectivity index (χ1n) is 17.6. The summed E-state index contributed by atoms with van der Waals surface area (Å²) in [4.78, 5) is 0. The van der Waals surface area contributed by atoms with Gasteiger partial charge in [-0.1, -0.05) is 103 Å². The highest BCUT2D eigenvalue weighted by molar-refractivity contribution is 6.12. The molecular formula is C48H30FN3. The summed E-state index contributed by atoms with van der Waals surface area (Å²) in [5, 5.41) is 7.07. The summed E-state index contributed by atoms with van der Waals surface area (Å²) in [5.74, 6) is -0.265. The standard InChI is InChI=1S/C48H30FN3/c49-33-26-32(27-36(29-33)52-45-21-8-3-16-39(45)40-17-4-9-22-46(40)52)31-24-25-48-42(28-31)41-18-5-10-23-47(41)51(48)35-13-11-12-34(30-35)50-43-19-6-1-14-37(43)38-15-2-7-20-44(38)50/h1-30H. The Kier molecular flexibility index (Phi) is 6.13. The zero-order chi connectivity index (χ0) is 34.3. The Balaban J connectivity index is 1.09. The van der Waals surface area contributed by atoms with Gasteiger partial charge in [-0.25, -0.2) is 4.39 Å². The van der Waals surface area contributed by atoms with Crippen molar-refractivity contribution in [3.8, 4) is 28.2 Å². The van der Waals surface area contributed by atoms with E-state index in [1.165, 1.54) is 21.8 Å². The van der Waals surface area contributed by atoms with E-state index in [1.54, 1.807) is 12.1 Å². The van der Waals surface area contributed by atoms with Crippen molar-refractivity contribution in [2.75, 3.05) is 0 Å². The maximum Gasteiger partial charge on any atom is 0.125 e. The third-order valence-corrected chi connectivity index (χ3v) is 10.7. The molecule has 0 radical (unpaired) electrons. The van der Waals surface area contributed by atoms with Crippen LogP contribution in [0, 0.1) is 5.82 Å². The Labute approximate surface area is 298 Å². The summed E-state index contributed by atoms with van der Waals surface area (Å²) >= 11 is 0. The van der Waals surface area contributed by atoms with E-state index in [2.05, 4.69) is 171 Å². The molecule has 3 aromatic heterocycles. The Morgan fingerprint density at radius 2 is 0.673 bits per heavy atom. The maximum absolute atomic E-state index is 15.6. The molecule has 0 unspecified atom stereocenters. The van der Waals surface area contributed by atoms with Crippen LogP contribution in [0.1, 0.15) is 0 Å². The normalized spacial score (nSPS) is 11.9. The number of hydrogen-bond acceptors (Lipinski definition) is 0. The first-order chi connectivity index (χ1) is 25.7. The predicted molar refractivity (Wildman–Crippen MR) is 215 cm³/mol. The summed E-state index contributed by atoms with van der Waals surface area (Å²) in [7, 11) is 0. The van der Waals surface area contributed by atoms with Crippen LogP contribution in [0.3, 0.4) is 0 Å². The number of hydrogen-bond donors (Lipinski definition) is 0. The first-order valence-corrected chi connectivity index (χ1v) is 17.6. The lowest BCUT2D eigenvalue weighted by Crippen LogP contribution is -1.98. The van der Waals surface area contributed by atoms with Crippen molar-refractivity contribution in [2.45, 2.75) is 0 Å². The summed E-state index contributed by atoms with van der Waals surface area (Å²) in [6, 6.07) is 63.2. The van der Waals surface area contributed by atoms with Gasteiger partial charge in [-0.05, 0) is 90.0 Å². The second kappa shape index (κ2) is 11.0. The summed E-state index contributed by atoms with van der Waals surface area (Å²) in [6.07, 6.45) is 0. The van der Waals surface area contributed by atoms with Gasteiger partial charge in [-0.15, -0.1) is 0 Å². The van der Waals surface area contributed by atoms with Crippen molar-refractivity contribution in [3.63, 3.8) is 0 Å². The molecule has 0 saturated heterocycles. The Morgan fingerprint density at radius 1 is 0.269 bits per heavy atom. The minimum Gasteiger partial charge on any atom is -0.309 e. The predicted octanol–water partition coefficient (Wildman–Crippen LogP) is 12.8. The van der Waals surface area contributed by atoms with Gasteiger partial charge in [0.25, 0.3) is 0 Å². The van der Waals surface area contributed by atoms with Crippen LogP contribution in [0.4, 0.5) is 4.39 Å². The quantitative estimate of drug-likeness (QED) is 0.177. The fourth-order valence-electron chi connectivity index (χ4n) is 8.47. The van der Waals surface area contributed by atoms with Crippen molar-refractivity contribution >= 4 is 65.4 Å². The van der Waals surface area contributed by atoms with Gasteiger partial charge < -0.3 is 13.7 Å². The van der Waals surface area contributed by atoms with E-state index in [0.29, 0.717) is 0 Å². The zero-order valence-corrected chi connectivity index (χ0v) is 28.0. The smallest absolute Gasteiger partial charge is 0.125 e. The Hall–Kier alpha value is -6.91. The van der Waals surface area contributed by atoms with E-state index >= 15 is 4.39 Å². The van der Waals surface area contributed by atoms with E-state index in [4.69, 9.17) is 0 Å². The van der Waals surface area contributed by atoms with Gasteiger partial charge in [0.05, 0.1) is 33.1 Å². The maximum atomic E-state index is 15.6. The molecule has 0 atom stereocenters. The number of aromatic nitrogens is 3. The van der Waals surface area contributed by atoms with Crippen molar-refractivity contribution in [1.29, 1.82) is 0 Å². The topological polar surface area (TPSA) is 14.8 Å². The molecule has 11 rings (SSSR count). The molecule has 0 aliphatic heterocycles. The minimum atomic E-state index is -0.265. The van der Waals surface area contributed by atoms with Gasteiger partial charge in [0.1, 0.15) is 5.82 Å². The van der Waals surface area contributed by atoms with Gasteiger partial charge in [0.2, 0.25) is 0 Å². The molecule has 52 heavy (non-hydrogen) atoms. The third kappa shape index (κ3) is 4.18. The molecule has 0 bridgehead atoms. The summed E-state index contributed by atoms with van der Waals surface area (Å²) < 4.78 is 22.5. The largest absolute Gasteiger partial charge is 0.309 e. The van der Waals surface area contributed by atoms with Crippen LogP contribution in [0.2, 0.25) is 0 Å². The zero-order valence-electron chi connectivity index (χ0n) is 28.0. The van der Waals surface area contributed by atoms with Crippen LogP contribution in [-0.4, -0.2) is 13.7 Å². The van der Waals surface area contributed by atoms with Crippen LogP contribution in [-0.2, 0) is 0 Å². The minimum absolute atomic E-state index is 0.265. The van der Waals surface area contributed by atoms with Crippen molar-refractivity contribution < 1.29 is 4.39 Å². The molecule has 11 aromatic rings. The van der Waals surface area contributed by atoms with Crippen LogP contribution in [0.5, 0.6) is 0 Å². The molecule has 3 nitrogen and oxygen atoms in total. The van der Waals surface area contributed by atoms with Gasteiger partial charge in [0, 0.05) is 49.4 Å². The highest BCUT2D eigenvalue weighted by Gasteiger charge is 2.18. The highest BCUT2D eigenvalue weighted by atomic mass is 19.1. The summed E-state index contributed by atoms with van der Waals surface area (Å²) in [6.45, 7) is 0. The van der Waals surface area contributed by atoms with Crippen LogP contribution in [0.15, 0.2) is 182 Å². The molecule has 0 saturated carbocycles. The van der Waals surface area contributed by atoms with Crippen LogP contribution < -0.4 is 0 Å². The molecule has 0 aliphatic carbocycles. The van der Waals surface area contributed by atoms with Crippen molar-refractivity contribution in [1.82, 2.24) is 13.7 Å². The monoisotopic (exact) mass is 667 g/mol. The number of rotatable bonds is 4. The average Bonchev–Trinajstić information content (AvgIpc) is 3.83. The van der Waals surface area contributed by atoms with Crippen LogP contribution in [0.25, 0.3) is 93.6 Å². The Morgan fingerprint density at radius 3 is 1.15 bits per heavy atom. The summed E-state index contributed by atoms with van der Waals surface area (Å²) in [5.41, 5.74) is 11.5. The third-order valence-electron chi connectivity index (χ3n) is 10.7. The van der Waals surface area contributed by atoms with E-state index in [0.717, 1.165) is 71.8 Å². The molecule has 244 valence electrons. The average molecular weight is 668 g/mol. The van der Waals surface area contributed by atoms with E-state index in [9.17, 15) is 0 Å². The van der Waals surface area contributed by atoms with Gasteiger partial charge in [-0.2, -0.15) is 0 Å². The van der Waals surface area contributed by atoms with E-state index in [1.807, 2.05) is 12.1 Å². The van der Waals surface area contributed by atoms with Crippen molar-refractivity contribution in [2.24, 2.45) is 0 Å². The lowest BCUT2D eigenvalue weighted by atomic mass is 10.0. The molecule has 8 aromatic carbocycles. The van der Waals surface area contributed by atoms with Gasteiger partial charge >= 0.3 is 0 Å². The number of para-hydroxylation sites is 5. The second-order valence-electron chi connectivity index (χ2n) is 13.5.